The summed E-state index contributed by atoms with van der Waals surface area (Å²) in [5.74, 6) is 5.51. The van der Waals surface area contributed by atoms with E-state index in [1.165, 1.54) is 0 Å². The molecule has 0 aliphatic rings. The number of halogens is 1. The largest absolute Gasteiger partial charge is 0.303 e. The standard InChI is InChI=1S/C22H16INO/c23-21-14-8-7-11-19(21)17-24(20-12-5-2-6-13-20)22(25)16-15-18-9-3-1-4-10-18/h1-14H,17H2. The Bertz CT molecular complexity index is 911. The van der Waals surface area contributed by atoms with Crippen molar-refractivity contribution in [1.82, 2.24) is 0 Å². The summed E-state index contributed by atoms with van der Waals surface area (Å²) < 4.78 is 1.13. The lowest BCUT2D eigenvalue weighted by atomic mass is 10.2. The molecule has 0 saturated heterocycles. The molecule has 122 valence electrons. The minimum absolute atomic E-state index is 0.213. The van der Waals surface area contributed by atoms with Crippen LogP contribution in [0.1, 0.15) is 11.1 Å². The number of carbonyl (C=O) groups excluding carboxylic acids is 1. The van der Waals surface area contributed by atoms with Gasteiger partial charge in [0, 0.05) is 20.7 Å². The summed E-state index contributed by atoms with van der Waals surface area (Å²) in [5, 5.41) is 0. The van der Waals surface area contributed by atoms with E-state index in [2.05, 4.69) is 34.4 Å². The molecule has 0 radical (unpaired) electrons. The third-order valence-electron chi connectivity index (χ3n) is 3.69. The van der Waals surface area contributed by atoms with Gasteiger partial charge in [-0.25, -0.2) is 0 Å². The molecule has 2 nitrogen and oxygen atoms in total. The average molecular weight is 437 g/mol. The highest BCUT2D eigenvalue weighted by Gasteiger charge is 2.15. The van der Waals surface area contributed by atoms with E-state index >= 15 is 0 Å². The molecule has 0 bridgehead atoms. The Morgan fingerprint density at radius 1 is 0.840 bits per heavy atom. The molecule has 0 aromatic heterocycles. The number of nitrogens with zero attached hydrogens (tertiary/aromatic N) is 1. The van der Waals surface area contributed by atoms with Gasteiger partial charge in [-0.2, -0.15) is 0 Å². The number of benzene rings is 3. The smallest absolute Gasteiger partial charge is 0.297 e. The summed E-state index contributed by atoms with van der Waals surface area (Å²) in [6, 6.07) is 27.3. The third kappa shape index (κ3) is 4.71. The van der Waals surface area contributed by atoms with Crippen molar-refractivity contribution < 1.29 is 4.79 Å². The van der Waals surface area contributed by atoms with Crippen LogP contribution in [0.3, 0.4) is 0 Å². The lowest BCUT2D eigenvalue weighted by molar-refractivity contribution is -0.113. The molecule has 25 heavy (non-hydrogen) atoms. The molecular weight excluding hydrogens is 421 g/mol. The maximum atomic E-state index is 12.8. The van der Waals surface area contributed by atoms with Crippen molar-refractivity contribution in [2.24, 2.45) is 0 Å². The first-order chi connectivity index (χ1) is 12.2. The predicted octanol–water partition coefficient (Wildman–Crippen LogP) is 4.88. The maximum Gasteiger partial charge on any atom is 0.303 e. The fourth-order valence-corrected chi connectivity index (χ4v) is 2.96. The van der Waals surface area contributed by atoms with E-state index in [1.54, 1.807) is 4.90 Å². The van der Waals surface area contributed by atoms with Crippen LogP contribution in [-0.2, 0) is 11.3 Å². The molecule has 0 heterocycles. The fraction of sp³-hybridized carbons (Fsp3) is 0.0455. The number of rotatable bonds is 3. The van der Waals surface area contributed by atoms with Crippen LogP contribution in [0.25, 0.3) is 0 Å². The summed E-state index contributed by atoms with van der Waals surface area (Å²) in [7, 11) is 0. The summed E-state index contributed by atoms with van der Waals surface area (Å²) in [4.78, 5) is 14.5. The van der Waals surface area contributed by atoms with Crippen LogP contribution >= 0.6 is 22.6 Å². The van der Waals surface area contributed by atoms with Crippen molar-refractivity contribution in [3.63, 3.8) is 0 Å². The van der Waals surface area contributed by atoms with Gasteiger partial charge < -0.3 is 0 Å². The number of amides is 1. The normalized spacial score (nSPS) is 9.80. The molecule has 3 aromatic rings. The van der Waals surface area contributed by atoms with Crippen molar-refractivity contribution in [3.05, 3.63) is 99.6 Å². The molecule has 0 N–H and O–H groups in total. The van der Waals surface area contributed by atoms with E-state index in [0.29, 0.717) is 6.54 Å². The van der Waals surface area contributed by atoms with Gasteiger partial charge in [-0.15, -0.1) is 0 Å². The minimum Gasteiger partial charge on any atom is -0.297 e. The van der Waals surface area contributed by atoms with Crippen LogP contribution in [0.4, 0.5) is 5.69 Å². The van der Waals surface area contributed by atoms with Gasteiger partial charge >= 0.3 is 5.91 Å². The van der Waals surface area contributed by atoms with Crippen LogP contribution in [0.2, 0.25) is 0 Å². The fourth-order valence-electron chi connectivity index (χ4n) is 2.40. The Balaban J connectivity index is 1.90. The van der Waals surface area contributed by atoms with Gasteiger partial charge in [-0.05, 0) is 58.5 Å². The quantitative estimate of drug-likeness (QED) is 0.423. The lowest BCUT2D eigenvalue weighted by Gasteiger charge is -2.21. The van der Waals surface area contributed by atoms with Gasteiger partial charge in [0.2, 0.25) is 0 Å². The zero-order valence-corrected chi connectivity index (χ0v) is 15.7. The van der Waals surface area contributed by atoms with E-state index in [-0.39, 0.29) is 5.91 Å². The van der Waals surface area contributed by atoms with Crippen molar-refractivity contribution >= 4 is 34.2 Å². The summed E-state index contributed by atoms with van der Waals surface area (Å²) >= 11 is 2.29. The highest BCUT2D eigenvalue weighted by Crippen LogP contribution is 2.20. The SMILES string of the molecule is O=C(C#Cc1ccccc1)N(Cc1ccccc1I)c1ccccc1. The number of carbonyl (C=O) groups is 1. The van der Waals surface area contributed by atoms with E-state index in [4.69, 9.17) is 0 Å². The average Bonchev–Trinajstić information content (AvgIpc) is 2.67. The molecule has 0 aliphatic carbocycles. The molecule has 0 aliphatic heterocycles. The van der Waals surface area contributed by atoms with Crippen LogP contribution in [-0.4, -0.2) is 5.91 Å². The zero-order chi connectivity index (χ0) is 17.5. The molecule has 3 rings (SSSR count). The van der Waals surface area contributed by atoms with Crippen molar-refractivity contribution in [1.29, 1.82) is 0 Å². The Hall–Kier alpha value is -2.58. The number of para-hydroxylation sites is 1. The first-order valence-corrected chi connectivity index (χ1v) is 8.99. The van der Waals surface area contributed by atoms with Crippen LogP contribution in [0, 0.1) is 15.4 Å². The monoisotopic (exact) mass is 437 g/mol. The summed E-state index contributed by atoms with van der Waals surface area (Å²) in [6.07, 6.45) is 0. The van der Waals surface area contributed by atoms with Gasteiger partial charge in [0.15, 0.2) is 0 Å². The van der Waals surface area contributed by atoms with Crippen molar-refractivity contribution in [2.45, 2.75) is 6.54 Å². The Kier molecular flexibility index (Phi) is 5.86. The van der Waals surface area contributed by atoms with Crippen molar-refractivity contribution in [2.75, 3.05) is 4.90 Å². The summed E-state index contributed by atoms with van der Waals surface area (Å²) in [6.45, 7) is 0.491. The highest BCUT2D eigenvalue weighted by atomic mass is 127. The lowest BCUT2D eigenvalue weighted by Crippen LogP contribution is -2.29. The number of anilines is 1. The zero-order valence-electron chi connectivity index (χ0n) is 13.5. The molecule has 3 heteroatoms. The summed E-state index contributed by atoms with van der Waals surface area (Å²) in [5.41, 5.74) is 2.77. The second-order valence-corrected chi connectivity index (χ2v) is 6.60. The molecule has 0 fully saturated rings. The van der Waals surface area contributed by atoms with Crippen LogP contribution in [0.5, 0.6) is 0 Å². The Morgan fingerprint density at radius 2 is 1.44 bits per heavy atom. The van der Waals surface area contributed by atoms with Crippen molar-refractivity contribution in [3.8, 4) is 11.8 Å². The van der Waals surface area contributed by atoms with Gasteiger partial charge in [0.25, 0.3) is 0 Å². The molecule has 0 unspecified atom stereocenters. The van der Waals surface area contributed by atoms with Crippen LogP contribution in [0.15, 0.2) is 84.9 Å². The van der Waals surface area contributed by atoms with Gasteiger partial charge in [-0.3, -0.25) is 9.69 Å². The molecule has 0 spiro atoms. The topological polar surface area (TPSA) is 20.3 Å². The van der Waals surface area contributed by atoms with E-state index in [9.17, 15) is 4.79 Å². The first kappa shape index (κ1) is 17.2. The Morgan fingerprint density at radius 3 is 2.12 bits per heavy atom. The highest BCUT2D eigenvalue weighted by molar-refractivity contribution is 14.1. The Labute approximate surface area is 161 Å². The second kappa shape index (κ2) is 8.50. The van der Waals surface area contributed by atoms with Gasteiger partial charge in [0.05, 0.1) is 6.54 Å². The van der Waals surface area contributed by atoms with E-state index in [1.807, 2.05) is 84.9 Å². The minimum atomic E-state index is -0.213. The predicted molar refractivity (Wildman–Crippen MR) is 110 cm³/mol. The number of hydrogen-bond donors (Lipinski definition) is 0. The van der Waals surface area contributed by atoms with E-state index in [0.717, 1.165) is 20.4 Å². The molecular formula is C22H16INO. The maximum absolute atomic E-state index is 12.8. The molecule has 3 aromatic carbocycles. The van der Waals surface area contributed by atoms with Crippen LogP contribution < -0.4 is 4.90 Å². The molecule has 0 atom stereocenters. The number of hydrogen-bond acceptors (Lipinski definition) is 1. The molecule has 1 amide bonds. The van der Waals surface area contributed by atoms with E-state index < -0.39 is 0 Å². The van der Waals surface area contributed by atoms with Gasteiger partial charge in [0.1, 0.15) is 0 Å². The second-order valence-electron chi connectivity index (χ2n) is 5.43. The first-order valence-electron chi connectivity index (χ1n) is 7.91. The third-order valence-corrected chi connectivity index (χ3v) is 4.74. The van der Waals surface area contributed by atoms with Gasteiger partial charge in [-0.1, -0.05) is 60.5 Å². The molecule has 0 saturated carbocycles.